The number of pyridine rings is 1. The molecule has 2 aromatic heterocycles. The number of aromatic nitrogens is 4. The molecule has 1 aliphatic rings. The van der Waals surface area contributed by atoms with E-state index in [1.54, 1.807) is 12.4 Å². The molecule has 0 radical (unpaired) electrons. The van der Waals surface area contributed by atoms with E-state index < -0.39 is 0 Å². The van der Waals surface area contributed by atoms with Gasteiger partial charge in [-0.05, 0) is 43.5 Å². The third-order valence-electron chi connectivity index (χ3n) is 4.83. The molecule has 1 aliphatic heterocycles. The molecular formula is C18H26N6O. The zero-order valence-electron chi connectivity index (χ0n) is 14.9. The van der Waals surface area contributed by atoms with Gasteiger partial charge in [0.05, 0.1) is 12.2 Å². The van der Waals surface area contributed by atoms with Gasteiger partial charge in [0.2, 0.25) is 0 Å². The van der Waals surface area contributed by atoms with Crippen molar-refractivity contribution in [2.75, 3.05) is 19.6 Å². The van der Waals surface area contributed by atoms with E-state index in [4.69, 9.17) is 0 Å². The van der Waals surface area contributed by atoms with Gasteiger partial charge in [-0.1, -0.05) is 25.1 Å². The summed E-state index contributed by atoms with van der Waals surface area (Å²) in [6.45, 7) is 6.82. The Morgan fingerprint density at radius 2 is 2.20 bits per heavy atom. The normalized spacial score (nSPS) is 16.8. The van der Waals surface area contributed by atoms with E-state index in [1.807, 2.05) is 16.9 Å². The molecule has 1 unspecified atom stereocenters. The van der Waals surface area contributed by atoms with E-state index in [0.717, 1.165) is 31.5 Å². The summed E-state index contributed by atoms with van der Waals surface area (Å²) >= 11 is 0. The van der Waals surface area contributed by atoms with Crippen LogP contribution in [0.15, 0.2) is 30.7 Å². The Labute approximate surface area is 148 Å². The standard InChI is InChI=1S/C18H26N6O/c1-13(2)16(14-4-3-7-20-10-14)11-21-18(25)17-12-24(23-22-17)15-5-8-19-9-6-15/h3-4,7,10,12-13,15-16,19H,5-6,8-9,11H2,1-2H3,(H,21,25). The van der Waals surface area contributed by atoms with Crippen LogP contribution in [0.3, 0.4) is 0 Å². The second-order valence-electron chi connectivity index (χ2n) is 6.91. The van der Waals surface area contributed by atoms with Crippen LogP contribution in [0.1, 0.15) is 54.7 Å². The third-order valence-corrected chi connectivity index (χ3v) is 4.83. The number of nitrogens with one attached hydrogen (secondary N) is 2. The minimum absolute atomic E-state index is 0.172. The highest BCUT2D eigenvalue weighted by molar-refractivity contribution is 5.91. The first-order chi connectivity index (χ1) is 12.1. The molecule has 3 rings (SSSR count). The summed E-state index contributed by atoms with van der Waals surface area (Å²) in [4.78, 5) is 16.6. The van der Waals surface area contributed by atoms with Crippen molar-refractivity contribution in [1.29, 1.82) is 0 Å². The monoisotopic (exact) mass is 342 g/mol. The molecule has 134 valence electrons. The number of rotatable bonds is 6. The predicted octanol–water partition coefficient (Wildman–Crippen LogP) is 1.77. The van der Waals surface area contributed by atoms with Crippen LogP contribution in [0.25, 0.3) is 0 Å². The number of piperidine rings is 1. The van der Waals surface area contributed by atoms with Crippen molar-refractivity contribution in [3.05, 3.63) is 42.0 Å². The average Bonchev–Trinajstić information content (AvgIpc) is 3.13. The number of amides is 1. The summed E-state index contributed by atoms with van der Waals surface area (Å²) in [7, 11) is 0. The number of hydrogen-bond donors (Lipinski definition) is 2. The highest BCUT2D eigenvalue weighted by Crippen LogP contribution is 2.23. The first kappa shape index (κ1) is 17.5. The van der Waals surface area contributed by atoms with E-state index in [2.05, 4.69) is 45.8 Å². The van der Waals surface area contributed by atoms with E-state index in [1.165, 1.54) is 0 Å². The van der Waals surface area contributed by atoms with Crippen molar-refractivity contribution >= 4 is 5.91 Å². The molecule has 3 heterocycles. The van der Waals surface area contributed by atoms with Gasteiger partial charge >= 0.3 is 0 Å². The lowest BCUT2D eigenvalue weighted by Crippen LogP contribution is -2.31. The van der Waals surface area contributed by atoms with Crippen LogP contribution in [-0.2, 0) is 0 Å². The van der Waals surface area contributed by atoms with E-state index in [9.17, 15) is 4.79 Å². The molecule has 2 aromatic rings. The van der Waals surface area contributed by atoms with Crippen molar-refractivity contribution in [2.24, 2.45) is 5.92 Å². The Balaban J connectivity index is 1.61. The highest BCUT2D eigenvalue weighted by Gasteiger charge is 2.21. The quantitative estimate of drug-likeness (QED) is 0.836. The maximum Gasteiger partial charge on any atom is 0.273 e. The second-order valence-corrected chi connectivity index (χ2v) is 6.91. The van der Waals surface area contributed by atoms with Crippen molar-refractivity contribution in [3.63, 3.8) is 0 Å². The summed E-state index contributed by atoms with van der Waals surface area (Å²) in [6, 6.07) is 4.31. The van der Waals surface area contributed by atoms with Crippen LogP contribution in [0.5, 0.6) is 0 Å². The molecule has 1 fully saturated rings. The molecule has 1 saturated heterocycles. The fraction of sp³-hybridized carbons (Fsp3) is 0.556. The van der Waals surface area contributed by atoms with Crippen molar-refractivity contribution in [2.45, 2.75) is 38.6 Å². The van der Waals surface area contributed by atoms with Gasteiger partial charge in [0.15, 0.2) is 5.69 Å². The van der Waals surface area contributed by atoms with Crippen LogP contribution in [0, 0.1) is 5.92 Å². The second kappa shape index (κ2) is 8.20. The Kier molecular flexibility index (Phi) is 5.75. The van der Waals surface area contributed by atoms with Crippen LogP contribution in [0.4, 0.5) is 0 Å². The van der Waals surface area contributed by atoms with E-state index in [0.29, 0.717) is 24.2 Å². The maximum atomic E-state index is 12.4. The predicted molar refractivity (Wildman–Crippen MR) is 95.3 cm³/mol. The van der Waals surface area contributed by atoms with Crippen LogP contribution >= 0.6 is 0 Å². The molecule has 7 nitrogen and oxygen atoms in total. The SMILES string of the molecule is CC(C)C(CNC(=O)c1cn(C2CCNCC2)nn1)c1cccnc1. The van der Waals surface area contributed by atoms with Crippen LogP contribution in [0.2, 0.25) is 0 Å². The molecule has 2 N–H and O–H groups in total. The van der Waals surface area contributed by atoms with Crippen molar-refractivity contribution in [3.8, 4) is 0 Å². The first-order valence-corrected chi connectivity index (χ1v) is 8.96. The Bertz CT molecular complexity index is 678. The summed E-state index contributed by atoms with van der Waals surface area (Å²) in [6.07, 6.45) is 7.42. The molecule has 0 saturated carbocycles. The van der Waals surface area contributed by atoms with Crippen molar-refractivity contribution < 1.29 is 4.79 Å². The smallest absolute Gasteiger partial charge is 0.273 e. The van der Waals surface area contributed by atoms with Crippen LogP contribution < -0.4 is 10.6 Å². The zero-order chi connectivity index (χ0) is 17.6. The minimum atomic E-state index is -0.172. The first-order valence-electron chi connectivity index (χ1n) is 8.96. The summed E-state index contributed by atoms with van der Waals surface area (Å²) < 4.78 is 1.83. The highest BCUT2D eigenvalue weighted by atomic mass is 16.2. The minimum Gasteiger partial charge on any atom is -0.350 e. The summed E-state index contributed by atoms with van der Waals surface area (Å²) in [5.74, 6) is 0.446. The van der Waals surface area contributed by atoms with Gasteiger partial charge in [0.25, 0.3) is 5.91 Å². The average molecular weight is 342 g/mol. The number of hydrogen-bond acceptors (Lipinski definition) is 5. The molecule has 25 heavy (non-hydrogen) atoms. The van der Waals surface area contributed by atoms with Gasteiger partial charge in [-0.15, -0.1) is 5.10 Å². The Morgan fingerprint density at radius 1 is 1.40 bits per heavy atom. The molecule has 1 atom stereocenters. The summed E-state index contributed by atoms with van der Waals surface area (Å²) in [5.41, 5.74) is 1.52. The number of nitrogens with zero attached hydrogens (tertiary/aromatic N) is 4. The van der Waals surface area contributed by atoms with Gasteiger partial charge in [-0.2, -0.15) is 0 Å². The lowest BCUT2D eigenvalue weighted by atomic mass is 9.89. The van der Waals surface area contributed by atoms with Gasteiger partial charge in [0.1, 0.15) is 0 Å². The Morgan fingerprint density at radius 3 is 2.88 bits per heavy atom. The van der Waals surface area contributed by atoms with Gasteiger partial charge in [-0.25, -0.2) is 4.68 Å². The molecule has 0 aliphatic carbocycles. The third kappa shape index (κ3) is 4.42. The molecular weight excluding hydrogens is 316 g/mol. The largest absolute Gasteiger partial charge is 0.350 e. The molecule has 7 heteroatoms. The van der Waals surface area contributed by atoms with Gasteiger partial charge < -0.3 is 10.6 Å². The van der Waals surface area contributed by atoms with Crippen molar-refractivity contribution in [1.82, 2.24) is 30.6 Å². The molecule has 0 spiro atoms. The zero-order valence-corrected chi connectivity index (χ0v) is 14.9. The number of carbonyl (C=O) groups is 1. The van der Waals surface area contributed by atoms with E-state index >= 15 is 0 Å². The lowest BCUT2D eigenvalue weighted by molar-refractivity contribution is 0.0944. The fourth-order valence-electron chi connectivity index (χ4n) is 3.26. The van der Waals surface area contributed by atoms with E-state index in [-0.39, 0.29) is 11.8 Å². The molecule has 0 bridgehead atoms. The molecule has 1 amide bonds. The fourth-order valence-corrected chi connectivity index (χ4v) is 3.26. The van der Waals surface area contributed by atoms with Gasteiger partial charge in [0, 0.05) is 24.9 Å². The maximum absolute atomic E-state index is 12.4. The topological polar surface area (TPSA) is 84.7 Å². The lowest BCUT2D eigenvalue weighted by Gasteiger charge is -2.22. The summed E-state index contributed by atoms with van der Waals surface area (Å²) in [5, 5.41) is 14.5. The number of carbonyl (C=O) groups excluding carboxylic acids is 1. The van der Waals surface area contributed by atoms with Gasteiger partial charge in [-0.3, -0.25) is 9.78 Å². The van der Waals surface area contributed by atoms with Crippen LogP contribution in [-0.4, -0.2) is 45.5 Å². The molecule has 0 aromatic carbocycles. The Hall–Kier alpha value is -2.28.